The third-order valence-electron chi connectivity index (χ3n) is 2.78. The summed E-state index contributed by atoms with van der Waals surface area (Å²) in [5, 5.41) is 8.02. The van der Waals surface area contributed by atoms with Crippen LogP contribution >= 0.6 is 0 Å². The van der Waals surface area contributed by atoms with Gasteiger partial charge in [0.1, 0.15) is 0 Å². The van der Waals surface area contributed by atoms with Crippen LogP contribution in [0.1, 0.15) is 18.5 Å². The Bertz CT molecular complexity index is 351. The van der Waals surface area contributed by atoms with Crippen molar-refractivity contribution in [1.82, 2.24) is 10.2 Å². The summed E-state index contributed by atoms with van der Waals surface area (Å²) in [5.41, 5.74) is 7.23. The SMILES string of the molecule is COc1nnc(CC2CCCOC2)cc1N. The van der Waals surface area contributed by atoms with Crippen molar-refractivity contribution in [3.8, 4) is 5.88 Å². The van der Waals surface area contributed by atoms with Gasteiger partial charge in [-0.05, 0) is 31.2 Å². The highest BCUT2D eigenvalue weighted by molar-refractivity contribution is 5.47. The molecule has 16 heavy (non-hydrogen) atoms. The van der Waals surface area contributed by atoms with Gasteiger partial charge in [0.2, 0.25) is 0 Å². The second-order valence-corrected chi connectivity index (χ2v) is 4.09. The number of ether oxygens (including phenoxy) is 2. The first kappa shape index (κ1) is 11.1. The highest BCUT2D eigenvalue weighted by Gasteiger charge is 2.16. The maximum atomic E-state index is 5.78. The normalized spacial score (nSPS) is 20.7. The van der Waals surface area contributed by atoms with Crippen LogP contribution < -0.4 is 10.5 Å². The lowest BCUT2D eigenvalue weighted by Gasteiger charge is -2.21. The van der Waals surface area contributed by atoms with Crippen LogP contribution in [0.4, 0.5) is 5.69 Å². The third-order valence-corrected chi connectivity index (χ3v) is 2.78. The zero-order chi connectivity index (χ0) is 11.4. The number of nitrogen functional groups attached to an aromatic ring is 1. The van der Waals surface area contributed by atoms with E-state index in [2.05, 4.69) is 10.2 Å². The van der Waals surface area contributed by atoms with Gasteiger partial charge in [0.15, 0.2) is 0 Å². The lowest BCUT2D eigenvalue weighted by atomic mass is 9.97. The second-order valence-electron chi connectivity index (χ2n) is 4.09. The van der Waals surface area contributed by atoms with Crippen LogP contribution in [0.25, 0.3) is 0 Å². The van der Waals surface area contributed by atoms with Crippen molar-refractivity contribution in [3.05, 3.63) is 11.8 Å². The van der Waals surface area contributed by atoms with E-state index >= 15 is 0 Å². The number of anilines is 1. The minimum absolute atomic E-state index is 0.392. The van der Waals surface area contributed by atoms with Gasteiger partial charge in [-0.3, -0.25) is 0 Å². The molecular weight excluding hydrogens is 206 g/mol. The van der Waals surface area contributed by atoms with E-state index in [9.17, 15) is 0 Å². The molecule has 1 saturated heterocycles. The van der Waals surface area contributed by atoms with Crippen molar-refractivity contribution in [2.45, 2.75) is 19.3 Å². The van der Waals surface area contributed by atoms with Gasteiger partial charge < -0.3 is 15.2 Å². The molecule has 1 aromatic heterocycles. The molecule has 0 aliphatic carbocycles. The molecular formula is C11H17N3O2. The molecule has 0 bridgehead atoms. The largest absolute Gasteiger partial charge is 0.478 e. The Labute approximate surface area is 95.0 Å². The minimum Gasteiger partial charge on any atom is -0.478 e. The standard InChI is InChI=1S/C11H17N3O2/c1-15-11-10(12)6-9(13-14-11)5-8-3-2-4-16-7-8/h6,8H,2-5,7H2,1H3,(H2,12,13). The molecule has 2 rings (SSSR count). The smallest absolute Gasteiger partial charge is 0.256 e. The van der Waals surface area contributed by atoms with Gasteiger partial charge in [0.25, 0.3) is 5.88 Å². The Hall–Kier alpha value is -1.36. The van der Waals surface area contributed by atoms with E-state index in [-0.39, 0.29) is 0 Å². The third kappa shape index (κ3) is 2.61. The van der Waals surface area contributed by atoms with Crippen LogP contribution in [0.5, 0.6) is 5.88 Å². The quantitative estimate of drug-likeness (QED) is 0.829. The van der Waals surface area contributed by atoms with Gasteiger partial charge in [0, 0.05) is 13.2 Å². The summed E-state index contributed by atoms with van der Waals surface area (Å²) in [5.74, 6) is 0.930. The van der Waals surface area contributed by atoms with E-state index in [0.717, 1.165) is 31.7 Å². The highest BCUT2D eigenvalue weighted by Crippen LogP contribution is 2.21. The second kappa shape index (κ2) is 5.12. The molecule has 1 atom stereocenters. The Balaban J connectivity index is 2.01. The molecule has 88 valence electrons. The van der Waals surface area contributed by atoms with Crippen molar-refractivity contribution < 1.29 is 9.47 Å². The fraction of sp³-hybridized carbons (Fsp3) is 0.636. The molecule has 5 nitrogen and oxygen atoms in total. The Morgan fingerprint density at radius 3 is 3.06 bits per heavy atom. The number of nitrogens with zero attached hydrogens (tertiary/aromatic N) is 2. The number of nitrogens with two attached hydrogens (primary N) is 1. The van der Waals surface area contributed by atoms with Gasteiger partial charge in [-0.25, -0.2) is 0 Å². The lowest BCUT2D eigenvalue weighted by molar-refractivity contribution is 0.0546. The highest BCUT2D eigenvalue weighted by atomic mass is 16.5. The molecule has 0 amide bonds. The maximum absolute atomic E-state index is 5.78. The monoisotopic (exact) mass is 223 g/mol. The first-order chi connectivity index (χ1) is 7.79. The number of rotatable bonds is 3. The molecule has 1 unspecified atom stereocenters. The molecule has 0 radical (unpaired) electrons. The van der Waals surface area contributed by atoms with E-state index in [1.54, 1.807) is 0 Å². The fourth-order valence-electron chi connectivity index (χ4n) is 1.96. The van der Waals surface area contributed by atoms with E-state index in [1.165, 1.54) is 13.5 Å². The van der Waals surface area contributed by atoms with E-state index < -0.39 is 0 Å². The van der Waals surface area contributed by atoms with Crippen LogP contribution in [-0.4, -0.2) is 30.5 Å². The Kier molecular flexibility index (Phi) is 3.56. The fourth-order valence-corrected chi connectivity index (χ4v) is 1.96. The van der Waals surface area contributed by atoms with Crippen molar-refractivity contribution >= 4 is 5.69 Å². The molecule has 0 saturated carbocycles. The molecule has 0 aromatic carbocycles. The zero-order valence-electron chi connectivity index (χ0n) is 9.48. The summed E-state index contributed by atoms with van der Waals surface area (Å²) >= 11 is 0. The first-order valence-electron chi connectivity index (χ1n) is 5.53. The molecule has 2 heterocycles. The first-order valence-corrected chi connectivity index (χ1v) is 5.53. The number of hydrogen-bond donors (Lipinski definition) is 1. The molecule has 2 N–H and O–H groups in total. The number of hydrogen-bond acceptors (Lipinski definition) is 5. The van der Waals surface area contributed by atoms with Gasteiger partial charge >= 0.3 is 0 Å². The maximum Gasteiger partial charge on any atom is 0.256 e. The van der Waals surface area contributed by atoms with Crippen molar-refractivity contribution in [2.24, 2.45) is 5.92 Å². The zero-order valence-corrected chi connectivity index (χ0v) is 9.48. The Morgan fingerprint density at radius 2 is 2.44 bits per heavy atom. The summed E-state index contributed by atoms with van der Waals surface area (Å²) < 4.78 is 10.4. The predicted molar refractivity (Wildman–Crippen MR) is 60.2 cm³/mol. The van der Waals surface area contributed by atoms with Crippen LogP contribution in [0, 0.1) is 5.92 Å². The van der Waals surface area contributed by atoms with Crippen LogP contribution in [-0.2, 0) is 11.2 Å². The summed E-state index contributed by atoms with van der Waals surface area (Å²) in [4.78, 5) is 0. The minimum atomic E-state index is 0.392. The lowest BCUT2D eigenvalue weighted by Crippen LogP contribution is -2.20. The van der Waals surface area contributed by atoms with Crippen molar-refractivity contribution in [2.75, 3.05) is 26.1 Å². The van der Waals surface area contributed by atoms with Crippen molar-refractivity contribution in [3.63, 3.8) is 0 Å². The number of aromatic nitrogens is 2. The summed E-state index contributed by atoms with van der Waals surface area (Å²) in [6.45, 7) is 1.69. The summed E-state index contributed by atoms with van der Waals surface area (Å²) in [6.07, 6.45) is 3.19. The Morgan fingerprint density at radius 1 is 1.56 bits per heavy atom. The molecule has 5 heteroatoms. The average Bonchev–Trinajstić information content (AvgIpc) is 2.31. The summed E-state index contributed by atoms with van der Waals surface area (Å²) in [6, 6.07) is 1.83. The predicted octanol–water partition coefficient (Wildman–Crippen LogP) is 1.04. The van der Waals surface area contributed by atoms with Crippen molar-refractivity contribution in [1.29, 1.82) is 0 Å². The average molecular weight is 223 g/mol. The van der Waals surface area contributed by atoms with Crippen LogP contribution in [0.15, 0.2) is 6.07 Å². The van der Waals surface area contributed by atoms with Gasteiger partial charge in [-0.1, -0.05) is 0 Å². The van der Waals surface area contributed by atoms with Crippen LogP contribution in [0.3, 0.4) is 0 Å². The molecule has 1 aromatic rings. The number of methoxy groups -OCH3 is 1. The topological polar surface area (TPSA) is 70.3 Å². The van der Waals surface area contributed by atoms with Crippen LogP contribution in [0.2, 0.25) is 0 Å². The molecule has 1 aliphatic rings. The van der Waals surface area contributed by atoms with E-state index in [0.29, 0.717) is 17.5 Å². The van der Waals surface area contributed by atoms with Gasteiger partial charge in [0.05, 0.1) is 18.5 Å². The molecule has 1 aliphatic heterocycles. The molecule has 1 fully saturated rings. The molecule has 0 spiro atoms. The van der Waals surface area contributed by atoms with E-state index in [1.807, 2.05) is 6.07 Å². The van der Waals surface area contributed by atoms with E-state index in [4.69, 9.17) is 15.2 Å². The summed E-state index contributed by atoms with van der Waals surface area (Å²) in [7, 11) is 1.54. The van der Waals surface area contributed by atoms with Gasteiger partial charge in [-0.15, -0.1) is 5.10 Å². The van der Waals surface area contributed by atoms with Gasteiger partial charge in [-0.2, -0.15) is 5.10 Å².